The molecule has 0 heterocycles. The third-order valence-electron chi connectivity index (χ3n) is 2.92. The normalized spacial score (nSPS) is 11.1. The van der Waals surface area contributed by atoms with Gasteiger partial charge in [-0.1, -0.05) is 35.3 Å². The average Bonchev–Trinajstić information content (AvgIpc) is 2.52. The summed E-state index contributed by atoms with van der Waals surface area (Å²) in [6.45, 7) is -1.62. The molecule has 0 aliphatic heterocycles. The van der Waals surface area contributed by atoms with Gasteiger partial charge in [0.2, 0.25) is 5.91 Å². The van der Waals surface area contributed by atoms with E-state index in [1.54, 1.807) is 24.3 Å². The van der Waals surface area contributed by atoms with E-state index in [1.807, 2.05) is 0 Å². The van der Waals surface area contributed by atoms with Crippen molar-refractivity contribution in [2.75, 3.05) is 23.8 Å². The number of ether oxygens (including phenoxy) is 1. The Morgan fingerprint density at radius 2 is 1.80 bits per heavy atom. The van der Waals surface area contributed by atoms with Crippen LogP contribution in [-0.4, -0.2) is 25.2 Å². The van der Waals surface area contributed by atoms with Crippen molar-refractivity contribution < 1.29 is 22.7 Å². The van der Waals surface area contributed by atoms with Gasteiger partial charge in [0.25, 0.3) is 0 Å². The lowest BCUT2D eigenvalue weighted by Crippen LogP contribution is -2.23. The molecule has 0 atom stereocenters. The molecule has 2 aromatic carbocycles. The van der Waals surface area contributed by atoms with Gasteiger partial charge < -0.3 is 15.4 Å². The minimum atomic E-state index is -4.49. The van der Waals surface area contributed by atoms with Crippen molar-refractivity contribution in [1.29, 1.82) is 0 Å². The Morgan fingerprint density at radius 3 is 2.48 bits per heavy atom. The number of hydrogen-bond donors (Lipinski definition) is 2. The number of carbonyl (C=O) groups is 1. The van der Waals surface area contributed by atoms with E-state index < -0.39 is 18.7 Å². The molecule has 0 aliphatic rings. The van der Waals surface area contributed by atoms with Crippen LogP contribution in [-0.2, 0) is 4.79 Å². The van der Waals surface area contributed by atoms with E-state index in [0.29, 0.717) is 10.7 Å². The minimum absolute atomic E-state index is 0.0442. The molecule has 0 radical (unpaired) electrons. The molecule has 0 aliphatic carbocycles. The molecular formula is C16H13Cl2F3N2O2. The maximum atomic E-state index is 12.3. The Bertz CT molecular complexity index is 754. The summed E-state index contributed by atoms with van der Waals surface area (Å²) in [4.78, 5) is 12.0. The Balaban J connectivity index is 2.01. The number of alkyl halides is 3. The molecule has 25 heavy (non-hydrogen) atoms. The largest absolute Gasteiger partial charge is 0.482 e. The monoisotopic (exact) mass is 392 g/mol. The van der Waals surface area contributed by atoms with E-state index in [2.05, 4.69) is 10.6 Å². The first kappa shape index (κ1) is 19.2. The van der Waals surface area contributed by atoms with Gasteiger partial charge in [-0.2, -0.15) is 13.2 Å². The molecule has 0 aromatic heterocycles. The third-order valence-corrected chi connectivity index (χ3v) is 3.48. The zero-order valence-electron chi connectivity index (χ0n) is 12.7. The molecule has 9 heteroatoms. The van der Waals surface area contributed by atoms with Gasteiger partial charge in [0.15, 0.2) is 6.61 Å². The second kappa shape index (κ2) is 8.31. The zero-order valence-corrected chi connectivity index (χ0v) is 14.2. The van der Waals surface area contributed by atoms with Crippen molar-refractivity contribution in [2.45, 2.75) is 6.18 Å². The SMILES string of the molecule is O=C(CNc1ccccc1Cl)Nc1cc(Cl)ccc1OCC(F)(F)F. The van der Waals surface area contributed by atoms with Crippen LogP contribution in [0.15, 0.2) is 42.5 Å². The molecule has 4 nitrogen and oxygen atoms in total. The number of hydrogen-bond acceptors (Lipinski definition) is 3. The van der Waals surface area contributed by atoms with Crippen LogP contribution in [0.1, 0.15) is 0 Å². The van der Waals surface area contributed by atoms with Crippen LogP contribution in [0, 0.1) is 0 Å². The van der Waals surface area contributed by atoms with Gasteiger partial charge in [-0.25, -0.2) is 0 Å². The standard InChI is InChI=1S/C16H13Cl2F3N2O2/c17-10-5-6-14(25-9-16(19,20)21)13(7-10)23-15(24)8-22-12-4-2-1-3-11(12)18/h1-7,22H,8-9H2,(H,23,24). The topological polar surface area (TPSA) is 50.4 Å². The van der Waals surface area contributed by atoms with Crippen LogP contribution in [0.3, 0.4) is 0 Å². The summed E-state index contributed by atoms with van der Waals surface area (Å²) in [7, 11) is 0. The molecule has 0 fully saturated rings. The first-order valence-electron chi connectivity index (χ1n) is 7.02. The van der Waals surface area contributed by atoms with E-state index in [9.17, 15) is 18.0 Å². The molecule has 0 bridgehead atoms. The molecular weight excluding hydrogens is 380 g/mol. The van der Waals surface area contributed by atoms with Crippen LogP contribution in [0.5, 0.6) is 5.75 Å². The van der Waals surface area contributed by atoms with Gasteiger partial charge in [0, 0.05) is 5.02 Å². The highest BCUT2D eigenvalue weighted by atomic mass is 35.5. The Kier molecular flexibility index (Phi) is 6.39. The fraction of sp³-hybridized carbons (Fsp3) is 0.188. The number of halogens is 5. The van der Waals surface area contributed by atoms with Crippen LogP contribution in [0.25, 0.3) is 0 Å². The number of rotatable bonds is 6. The third kappa shape index (κ3) is 6.36. The molecule has 1 amide bonds. The van der Waals surface area contributed by atoms with Gasteiger partial charge in [-0.05, 0) is 30.3 Å². The summed E-state index contributed by atoms with van der Waals surface area (Å²) in [5, 5.41) is 5.96. The van der Waals surface area contributed by atoms with E-state index >= 15 is 0 Å². The van der Waals surface area contributed by atoms with Gasteiger partial charge in [-0.15, -0.1) is 0 Å². The van der Waals surface area contributed by atoms with Crippen molar-refractivity contribution in [3.8, 4) is 5.75 Å². The number of nitrogens with one attached hydrogen (secondary N) is 2. The predicted molar refractivity (Wildman–Crippen MR) is 91.6 cm³/mol. The maximum Gasteiger partial charge on any atom is 0.422 e. The van der Waals surface area contributed by atoms with Crippen molar-refractivity contribution in [2.24, 2.45) is 0 Å². The summed E-state index contributed by atoms with van der Waals surface area (Å²) >= 11 is 11.8. The fourth-order valence-electron chi connectivity index (χ4n) is 1.86. The van der Waals surface area contributed by atoms with Crippen molar-refractivity contribution in [3.63, 3.8) is 0 Å². The van der Waals surface area contributed by atoms with Crippen molar-refractivity contribution in [3.05, 3.63) is 52.5 Å². The van der Waals surface area contributed by atoms with Crippen LogP contribution >= 0.6 is 23.2 Å². The van der Waals surface area contributed by atoms with Crippen LogP contribution in [0.4, 0.5) is 24.5 Å². The number of amides is 1. The van der Waals surface area contributed by atoms with E-state index in [-0.39, 0.29) is 23.0 Å². The Hall–Kier alpha value is -2.12. The number of carbonyl (C=O) groups excluding carboxylic acids is 1. The zero-order chi connectivity index (χ0) is 18.4. The molecule has 2 N–H and O–H groups in total. The maximum absolute atomic E-state index is 12.3. The van der Waals surface area contributed by atoms with Crippen LogP contribution < -0.4 is 15.4 Å². The summed E-state index contributed by atoms with van der Waals surface area (Å²) < 4.78 is 41.6. The second-order valence-corrected chi connectivity index (χ2v) is 5.77. The van der Waals surface area contributed by atoms with E-state index in [0.717, 1.165) is 0 Å². The number of anilines is 2. The van der Waals surface area contributed by atoms with E-state index in [4.69, 9.17) is 27.9 Å². The molecule has 0 spiro atoms. The quantitative estimate of drug-likeness (QED) is 0.728. The first-order chi connectivity index (χ1) is 11.7. The fourth-order valence-corrected chi connectivity index (χ4v) is 2.23. The van der Waals surface area contributed by atoms with Crippen molar-refractivity contribution >= 4 is 40.5 Å². The number of benzene rings is 2. The van der Waals surface area contributed by atoms with Crippen molar-refractivity contribution in [1.82, 2.24) is 0 Å². The highest BCUT2D eigenvalue weighted by Gasteiger charge is 2.29. The highest BCUT2D eigenvalue weighted by Crippen LogP contribution is 2.29. The molecule has 0 unspecified atom stereocenters. The lowest BCUT2D eigenvalue weighted by molar-refractivity contribution is -0.153. The van der Waals surface area contributed by atoms with Crippen LogP contribution in [0.2, 0.25) is 10.0 Å². The van der Waals surface area contributed by atoms with Gasteiger partial charge in [0.1, 0.15) is 5.75 Å². The highest BCUT2D eigenvalue weighted by molar-refractivity contribution is 6.33. The van der Waals surface area contributed by atoms with Gasteiger partial charge in [-0.3, -0.25) is 4.79 Å². The summed E-state index contributed by atoms with van der Waals surface area (Å²) in [6.07, 6.45) is -4.49. The molecule has 0 saturated carbocycles. The average molecular weight is 393 g/mol. The first-order valence-corrected chi connectivity index (χ1v) is 7.77. The Morgan fingerprint density at radius 1 is 1.08 bits per heavy atom. The minimum Gasteiger partial charge on any atom is -0.482 e. The lowest BCUT2D eigenvalue weighted by Gasteiger charge is -2.15. The molecule has 2 aromatic rings. The molecule has 2 rings (SSSR count). The van der Waals surface area contributed by atoms with E-state index in [1.165, 1.54) is 18.2 Å². The summed E-state index contributed by atoms with van der Waals surface area (Å²) in [5.74, 6) is -0.633. The van der Waals surface area contributed by atoms with Gasteiger partial charge in [0.05, 0.1) is 22.9 Å². The summed E-state index contributed by atoms with van der Waals surface area (Å²) in [5.41, 5.74) is 0.599. The number of para-hydroxylation sites is 1. The Labute approximate surface area is 151 Å². The molecule has 0 saturated heterocycles. The lowest BCUT2D eigenvalue weighted by atomic mass is 10.3. The second-order valence-electron chi connectivity index (χ2n) is 4.93. The molecule has 134 valence electrons. The predicted octanol–water partition coefficient (Wildman–Crippen LogP) is 4.99. The smallest absolute Gasteiger partial charge is 0.422 e. The summed E-state index contributed by atoms with van der Waals surface area (Å²) in [6, 6.07) is 10.8. The van der Waals surface area contributed by atoms with Gasteiger partial charge >= 0.3 is 6.18 Å².